The molecule has 2 aromatic carbocycles. The minimum atomic E-state index is -0.465. The summed E-state index contributed by atoms with van der Waals surface area (Å²) in [5, 5.41) is 2.71. The fraction of sp³-hybridized carbons (Fsp3) is 0.292. The number of alkyl carbamates (subject to hydrolysis) is 1. The number of hydrogen-bond donors (Lipinski definition) is 2. The van der Waals surface area contributed by atoms with Gasteiger partial charge in [0, 0.05) is 12.2 Å². The van der Waals surface area contributed by atoms with Crippen LogP contribution in [0.15, 0.2) is 65.5 Å². The predicted molar refractivity (Wildman–Crippen MR) is 116 cm³/mol. The highest BCUT2D eigenvalue weighted by Crippen LogP contribution is 2.08. The van der Waals surface area contributed by atoms with E-state index in [0.717, 1.165) is 29.8 Å². The Morgan fingerprint density at radius 1 is 0.967 bits per heavy atom. The lowest BCUT2D eigenvalue weighted by Crippen LogP contribution is -2.26. The maximum atomic E-state index is 12.4. The first-order valence-electron chi connectivity index (χ1n) is 10.2. The largest absolute Gasteiger partial charge is 0.445 e. The second kappa shape index (κ2) is 11.0. The lowest BCUT2D eigenvalue weighted by molar-refractivity contribution is 0.139. The second-order valence-corrected chi connectivity index (χ2v) is 7.15. The average Bonchev–Trinajstić information content (AvgIpc) is 2.77. The van der Waals surface area contributed by atoms with Crippen LogP contribution in [-0.2, 0) is 30.6 Å². The van der Waals surface area contributed by atoms with Crippen LogP contribution in [0.1, 0.15) is 34.6 Å². The second-order valence-electron chi connectivity index (χ2n) is 7.15. The smallest absolute Gasteiger partial charge is 0.407 e. The third kappa shape index (κ3) is 6.58. The number of hydrogen-bond acceptors (Lipinski definition) is 4. The van der Waals surface area contributed by atoms with Crippen molar-refractivity contribution in [2.24, 2.45) is 0 Å². The maximum absolute atomic E-state index is 12.4. The van der Waals surface area contributed by atoms with Gasteiger partial charge in [-0.3, -0.25) is 9.78 Å². The van der Waals surface area contributed by atoms with Crippen molar-refractivity contribution in [3.63, 3.8) is 0 Å². The Hall–Kier alpha value is -3.41. The number of carbonyl (C=O) groups excluding carboxylic acids is 1. The number of nitrogens with one attached hydrogen (secondary N) is 2. The van der Waals surface area contributed by atoms with E-state index in [1.807, 2.05) is 55.5 Å². The van der Waals surface area contributed by atoms with Gasteiger partial charge in [-0.15, -0.1) is 0 Å². The first-order valence-corrected chi connectivity index (χ1v) is 10.2. The molecular weight excluding hydrogens is 378 g/mol. The molecule has 1 aromatic heterocycles. The maximum Gasteiger partial charge on any atom is 0.407 e. The van der Waals surface area contributed by atoms with Crippen LogP contribution >= 0.6 is 0 Å². The van der Waals surface area contributed by atoms with E-state index in [-0.39, 0.29) is 12.2 Å². The topological polar surface area (TPSA) is 84.1 Å². The number of carbonyl (C=O) groups is 1. The van der Waals surface area contributed by atoms with Crippen LogP contribution in [0, 0.1) is 6.92 Å². The minimum absolute atomic E-state index is 0.157. The summed E-state index contributed by atoms with van der Waals surface area (Å²) in [5.74, 6) is 0. The molecule has 0 spiro atoms. The van der Waals surface area contributed by atoms with Crippen molar-refractivity contribution in [1.82, 2.24) is 15.3 Å². The molecule has 0 unspecified atom stereocenters. The Morgan fingerprint density at radius 3 is 2.33 bits per heavy atom. The molecule has 0 radical (unpaired) electrons. The number of aromatic amines is 1. The van der Waals surface area contributed by atoms with E-state index in [4.69, 9.17) is 4.74 Å². The quantitative estimate of drug-likeness (QED) is 0.532. The molecule has 0 aliphatic heterocycles. The number of rotatable bonds is 9. The molecule has 156 valence electrons. The van der Waals surface area contributed by atoms with Crippen molar-refractivity contribution in [1.29, 1.82) is 0 Å². The molecule has 3 aromatic rings. The SMILES string of the molecule is Cc1nc(CCCNC(=O)OCc2ccccc2)c(=O)[nH]c1CCc1ccccc1. The van der Waals surface area contributed by atoms with Gasteiger partial charge in [-0.2, -0.15) is 0 Å². The van der Waals surface area contributed by atoms with Crippen molar-refractivity contribution in [3.8, 4) is 0 Å². The summed E-state index contributed by atoms with van der Waals surface area (Å²) in [6.45, 7) is 2.57. The molecule has 2 N–H and O–H groups in total. The number of amides is 1. The Balaban J connectivity index is 1.42. The first-order chi connectivity index (χ1) is 14.6. The first kappa shape index (κ1) is 21.3. The molecule has 0 saturated heterocycles. The van der Waals surface area contributed by atoms with Crippen molar-refractivity contribution >= 4 is 6.09 Å². The van der Waals surface area contributed by atoms with Crippen molar-refractivity contribution in [3.05, 3.63) is 99.2 Å². The van der Waals surface area contributed by atoms with Gasteiger partial charge in [-0.1, -0.05) is 60.7 Å². The molecule has 6 heteroatoms. The predicted octanol–water partition coefficient (Wildman–Crippen LogP) is 3.72. The zero-order valence-corrected chi connectivity index (χ0v) is 17.2. The summed E-state index contributed by atoms with van der Waals surface area (Å²) in [7, 11) is 0. The summed E-state index contributed by atoms with van der Waals surface area (Å²) < 4.78 is 5.17. The lowest BCUT2D eigenvalue weighted by Gasteiger charge is -2.09. The van der Waals surface area contributed by atoms with Gasteiger partial charge in [0.25, 0.3) is 5.56 Å². The highest BCUT2D eigenvalue weighted by molar-refractivity contribution is 5.67. The number of benzene rings is 2. The molecule has 6 nitrogen and oxygen atoms in total. The Kier molecular flexibility index (Phi) is 7.78. The van der Waals surface area contributed by atoms with E-state index in [9.17, 15) is 9.59 Å². The third-order valence-corrected chi connectivity index (χ3v) is 4.84. The van der Waals surface area contributed by atoms with Gasteiger partial charge in [0.1, 0.15) is 12.3 Å². The van der Waals surface area contributed by atoms with Gasteiger partial charge in [-0.25, -0.2) is 4.79 Å². The zero-order valence-electron chi connectivity index (χ0n) is 17.2. The van der Waals surface area contributed by atoms with Crippen molar-refractivity contribution in [2.45, 2.75) is 39.2 Å². The van der Waals surface area contributed by atoms with Gasteiger partial charge >= 0.3 is 6.09 Å². The standard InChI is InChI=1S/C24H27N3O3/c1-18-21(15-14-19-9-4-2-5-10-19)27-23(28)22(26-18)13-8-16-25-24(29)30-17-20-11-6-3-7-12-20/h2-7,9-12H,8,13-17H2,1H3,(H,25,29)(H,27,28). The molecule has 0 fully saturated rings. The van der Waals surface area contributed by atoms with Crippen LogP contribution in [0.25, 0.3) is 0 Å². The van der Waals surface area contributed by atoms with Crippen LogP contribution < -0.4 is 10.9 Å². The van der Waals surface area contributed by atoms with Gasteiger partial charge in [0.2, 0.25) is 0 Å². The number of aryl methyl sites for hydroxylation is 4. The van der Waals surface area contributed by atoms with Crippen LogP contribution in [0.4, 0.5) is 4.79 Å². The van der Waals surface area contributed by atoms with Gasteiger partial charge < -0.3 is 15.0 Å². The van der Waals surface area contributed by atoms with Crippen molar-refractivity contribution in [2.75, 3.05) is 6.54 Å². The van der Waals surface area contributed by atoms with Crippen LogP contribution in [0.5, 0.6) is 0 Å². The number of aromatic nitrogens is 2. The highest BCUT2D eigenvalue weighted by Gasteiger charge is 2.09. The molecule has 0 aliphatic rings. The van der Waals surface area contributed by atoms with Gasteiger partial charge in [-0.05, 0) is 43.7 Å². The summed E-state index contributed by atoms with van der Waals surface area (Å²) in [6.07, 6.45) is 2.24. The van der Waals surface area contributed by atoms with E-state index in [1.165, 1.54) is 5.56 Å². The van der Waals surface area contributed by atoms with E-state index >= 15 is 0 Å². The van der Waals surface area contributed by atoms with Crippen LogP contribution in [0.3, 0.4) is 0 Å². The summed E-state index contributed by atoms with van der Waals surface area (Å²) in [6, 6.07) is 19.7. The number of ether oxygens (including phenoxy) is 1. The third-order valence-electron chi connectivity index (χ3n) is 4.84. The van der Waals surface area contributed by atoms with Crippen LogP contribution in [-0.4, -0.2) is 22.6 Å². The van der Waals surface area contributed by atoms with E-state index in [2.05, 4.69) is 27.4 Å². The average molecular weight is 405 g/mol. The number of H-pyrrole nitrogens is 1. The monoisotopic (exact) mass is 405 g/mol. The molecular formula is C24H27N3O3. The summed E-state index contributed by atoms with van der Waals surface area (Å²) in [5.41, 5.74) is 4.22. The Bertz CT molecular complexity index is 1000. The molecule has 1 amide bonds. The van der Waals surface area contributed by atoms with E-state index in [1.54, 1.807) is 0 Å². The van der Waals surface area contributed by atoms with Gasteiger partial charge in [0.15, 0.2) is 0 Å². The molecule has 0 atom stereocenters. The van der Waals surface area contributed by atoms with Crippen LogP contribution in [0.2, 0.25) is 0 Å². The fourth-order valence-corrected chi connectivity index (χ4v) is 3.17. The molecule has 30 heavy (non-hydrogen) atoms. The molecule has 0 saturated carbocycles. The summed E-state index contributed by atoms with van der Waals surface area (Å²) in [4.78, 5) is 31.6. The molecule has 3 rings (SSSR count). The van der Waals surface area contributed by atoms with E-state index in [0.29, 0.717) is 25.1 Å². The van der Waals surface area contributed by atoms with Gasteiger partial charge in [0.05, 0.1) is 5.69 Å². The van der Waals surface area contributed by atoms with Crippen molar-refractivity contribution < 1.29 is 9.53 Å². The van der Waals surface area contributed by atoms with E-state index < -0.39 is 6.09 Å². The minimum Gasteiger partial charge on any atom is -0.445 e. The molecule has 0 bridgehead atoms. The zero-order chi connectivity index (χ0) is 21.2. The normalized spacial score (nSPS) is 10.6. The summed E-state index contributed by atoms with van der Waals surface area (Å²) >= 11 is 0. The number of nitrogens with zero attached hydrogens (tertiary/aromatic N) is 1. The molecule has 1 heterocycles. The fourth-order valence-electron chi connectivity index (χ4n) is 3.17. The Labute approximate surface area is 176 Å². The lowest BCUT2D eigenvalue weighted by atomic mass is 10.1. The Morgan fingerprint density at radius 2 is 1.63 bits per heavy atom. The highest BCUT2D eigenvalue weighted by atomic mass is 16.5. The molecule has 0 aliphatic carbocycles.